The third kappa shape index (κ3) is 18.5. The zero-order valence-corrected chi connectivity index (χ0v) is 34.2. The minimum atomic E-state index is -0.951. The first-order chi connectivity index (χ1) is 26.2. The second kappa shape index (κ2) is 25.4. The van der Waals surface area contributed by atoms with Crippen molar-refractivity contribution in [2.24, 2.45) is 17.6 Å². The van der Waals surface area contributed by atoms with Gasteiger partial charge in [-0.05, 0) is 68.2 Å². The van der Waals surface area contributed by atoms with E-state index in [1.54, 1.807) is 19.4 Å². The molecule has 306 valence electrons. The number of pyridine rings is 1. The van der Waals surface area contributed by atoms with E-state index in [4.69, 9.17) is 10.5 Å². The fraction of sp³-hybridized carbons (Fsp3) is 0.595. The van der Waals surface area contributed by atoms with Crippen molar-refractivity contribution in [1.29, 1.82) is 0 Å². The van der Waals surface area contributed by atoms with Crippen molar-refractivity contribution in [1.82, 2.24) is 30.7 Å². The molecule has 0 spiro atoms. The van der Waals surface area contributed by atoms with E-state index in [0.29, 0.717) is 25.1 Å². The molecule has 2 aromatic rings. The van der Waals surface area contributed by atoms with Gasteiger partial charge in [-0.1, -0.05) is 72.8 Å². The Balaban J connectivity index is 0.00000133. The van der Waals surface area contributed by atoms with Gasteiger partial charge >= 0.3 is 0 Å². The smallest absolute Gasteiger partial charge is 0.255 e. The van der Waals surface area contributed by atoms with Crippen LogP contribution in [-0.4, -0.2) is 90.3 Å². The number of rotatable bonds is 6. The highest BCUT2D eigenvalue weighted by atomic mass is 19.1. The van der Waals surface area contributed by atoms with Crippen molar-refractivity contribution in [2.75, 3.05) is 39.8 Å². The number of aromatic nitrogens is 1. The maximum Gasteiger partial charge on any atom is 0.255 e. The Morgan fingerprint density at radius 3 is 2.36 bits per heavy atom. The summed E-state index contributed by atoms with van der Waals surface area (Å²) in [7, 11) is 1.56. The van der Waals surface area contributed by atoms with Gasteiger partial charge in [0.05, 0.1) is 24.4 Å². The van der Waals surface area contributed by atoms with Crippen LogP contribution in [0.15, 0.2) is 54.6 Å². The summed E-state index contributed by atoms with van der Waals surface area (Å²) < 4.78 is 20.0. The molecule has 0 aliphatic carbocycles. The van der Waals surface area contributed by atoms with E-state index in [9.17, 15) is 23.6 Å². The summed E-state index contributed by atoms with van der Waals surface area (Å²) in [5.74, 6) is -1.93. The van der Waals surface area contributed by atoms with E-state index < -0.39 is 23.7 Å². The van der Waals surface area contributed by atoms with Crippen molar-refractivity contribution in [3.8, 4) is 5.75 Å². The summed E-state index contributed by atoms with van der Waals surface area (Å²) in [6.45, 7) is 12.6. The maximum atomic E-state index is 14.3. The standard InChI is InChI=1S/C36H59FN6O5.C6H7N/c1-7-8-18-43-23-34(45)42(6)22-33(44)40-30(26(4)5)14-12-10-9-11-13-17-39-21-28(38)24-48-32-20-27(37)15-16-29(32)35(46)41-31(36(43)47)19-25(2)3;1-6-3-2-4-7-5-6/h15-16,20-21,25-26,30-31,39H,7-14,17-19,22-24,38H2,1-6H3,(H,40,44)(H,41,46);2-5H,1H3/b28-21-;. The first-order valence-corrected chi connectivity index (χ1v) is 19.8. The van der Waals surface area contributed by atoms with E-state index in [1.807, 2.05) is 46.0 Å². The highest BCUT2D eigenvalue weighted by Gasteiger charge is 2.30. The number of unbranched alkanes of at least 4 members (excludes halogenated alkanes) is 1. The Kier molecular flexibility index (Phi) is 21.5. The van der Waals surface area contributed by atoms with Crippen LogP contribution in [0, 0.1) is 24.6 Å². The van der Waals surface area contributed by atoms with Crippen LogP contribution in [0.4, 0.5) is 4.39 Å². The minimum Gasteiger partial charge on any atom is -0.486 e. The van der Waals surface area contributed by atoms with Gasteiger partial charge in [0.1, 0.15) is 24.2 Å². The van der Waals surface area contributed by atoms with Gasteiger partial charge in [-0.2, -0.15) is 0 Å². The number of carbonyl (C=O) groups excluding carboxylic acids is 4. The number of nitrogens with zero attached hydrogens (tertiary/aromatic N) is 3. The van der Waals surface area contributed by atoms with E-state index >= 15 is 0 Å². The van der Waals surface area contributed by atoms with Crippen LogP contribution in [0.3, 0.4) is 0 Å². The Hall–Kier alpha value is -4.68. The van der Waals surface area contributed by atoms with E-state index in [1.165, 1.54) is 21.4 Å². The van der Waals surface area contributed by atoms with Gasteiger partial charge in [-0.15, -0.1) is 0 Å². The molecule has 2 atom stereocenters. The van der Waals surface area contributed by atoms with Crippen LogP contribution in [0.5, 0.6) is 5.75 Å². The van der Waals surface area contributed by atoms with Crippen LogP contribution in [0.1, 0.15) is 108 Å². The summed E-state index contributed by atoms with van der Waals surface area (Å²) in [6.07, 6.45) is 13.0. The van der Waals surface area contributed by atoms with Crippen LogP contribution >= 0.6 is 0 Å². The predicted octanol–water partition coefficient (Wildman–Crippen LogP) is 5.71. The second-order valence-electron chi connectivity index (χ2n) is 15.1. The number of likely N-dealkylation sites (N-methyl/N-ethyl adjacent to an activating group) is 1. The molecule has 0 saturated carbocycles. The number of carbonyl (C=O) groups is 4. The number of halogens is 1. The van der Waals surface area contributed by atoms with Crippen molar-refractivity contribution in [3.63, 3.8) is 0 Å². The number of benzene rings is 1. The van der Waals surface area contributed by atoms with E-state index in [-0.39, 0.29) is 60.7 Å². The first-order valence-electron chi connectivity index (χ1n) is 19.8. The molecule has 13 heteroatoms. The maximum absolute atomic E-state index is 14.3. The molecule has 4 amide bonds. The largest absolute Gasteiger partial charge is 0.486 e. The van der Waals surface area contributed by atoms with Crippen molar-refractivity contribution in [3.05, 3.63) is 71.6 Å². The number of hydrogen-bond donors (Lipinski definition) is 4. The fourth-order valence-corrected chi connectivity index (χ4v) is 5.96. The van der Waals surface area contributed by atoms with Crippen molar-refractivity contribution in [2.45, 2.75) is 111 Å². The molecule has 0 saturated heterocycles. The SMILES string of the molecule is CCCCN1CC(=O)N(C)CC(=O)NC(C(C)C)CCCCCCCN/C=C(\N)COc2cc(F)ccc2C(=O)NC(CC(C)C)C1=O.Cc1cccnc1. The molecule has 1 aromatic heterocycles. The molecule has 12 nitrogen and oxygen atoms in total. The minimum absolute atomic E-state index is 0.00113. The number of nitrogens with one attached hydrogen (secondary N) is 3. The average Bonchev–Trinajstić information content (AvgIpc) is 3.13. The van der Waals surface area contributed by atoms with Crippen molar-refractivity contribution >= 4 is 23.6 Å². The number of ether oxygens (including phenoxy) is 1. The first kappa shape index (κ1) is 46.5. The molecule has 0 bridgehead atoms. The zero-order valence-electron chi connectivity index (χ0n) is 34.2. The number of aryl methyl sites for hydroxylation is 1. The van der Waals surface area contributed by atoms with Gasteiger partial charge < -0.3 is 36.2 Å². The third-order valence-electron chi connectivity index (χ3n) is 9.20. The van der Waals surface area contributed by atoms with Gasteiger partial charge in [-0.3, -0.25) is 24.2 Å². The van der Waals surface area contributed by atoms with Crippen molar-refractivity contribution < 1.29 is 28.3 Å². The fourth-order valence-electron chi connectivity index (χ4n) is 5.96. The van der Waals surface area contributed by atoms with Crippen LogP contribution in [-0.2, 0) is 14.4 Å². The van der Waals surface area contributed by atoms with Crippen LogP contribution in [0.25, 0.3) is 0 Å². The Bertz CT molecular complexity index is 1500. The van der Waals surface area contributed by atoms with Gasteiger partial charge in [0.15, 0.2) is 0 Å². The predicted molar refractivity (Wildman–Crippen MR) is 215 cm³/mol. The van der Waals surface area contributed by atoms with Crippen LogP contribution < -0.4 is 26.4 Å². The number of amides is 4. The zero-order chi connectivity index (χ0) is 40.8. The lowest BCUT2D eigenvalue weighted by atomic mass is 9.97. The average molecular weight is 768 g/mol. The summed E-state index contributed by atoms with van der Waals surface area (Å²) in [5, 5.41) is 9.11. The molecular weight excluding hydrogens is 702 g/mol. The normalized spacial score (nSPS) is 20.2. The topological polar surface area (TPSA) is 159 Å². The highest BCUT2D eigenvalue weighted by Crippen LogP contribution is 2.22. The summed E-state index contributed by atoms with van der Waals surface area (Å²) in [4.78, 5) is 60.6. The summed E-state index contributed by atoms with van der Waals surface area (Å²) in [5.41, 5.74) is 7.77. The lowest BCUT2D eigenvalue weighted by Gasteiger charge is -2.30. The third-order valence-corrected chi connectivity index (χ3v) is 9.20. The Morgan fingerprint density at radius 1 is 1.00 bits per heavy atom. The quantitative estimate of drug-likeness (QED) is 0.291. The number of hydrogen-bond acceptors (Lipinski definition) is 8. The van der Waals surface area contributed by atoms with E-state index in [0.717, 1.165) is 63.6 Å². The highest BCUT2D eigenvalue weighted by molar-refractivity contribution is 6.00. The molecule has 1 aromatic carbocycles. The van der Waals surface area contributed by atoms with Crippen LogP contribution in [0.2, 0.25) is 0 Å². The molecule has 2 unspecified atom stereocenters. The number of nitrogens with two attached hydrogens (primary N) is 1. The van der Waals surface area contributed by atoms with Gasteiger partial charge in [0.25, 0.3) is 5.91 Å². The lowest BCUT2D eigenvalue weighted by Crippen LogP contribution is -2.52. The summed E-state index contributed by atoms with van der Waals surface area (Å²) in [6, 6.07) is 6.58. The molecule has 0 radical (unpaired) electrons. The molecular formula is C42H66FN7O5. The molecule has 0 fully saturated rings. The van der Waals surface area contributed by atoms with Gasteiger partial charge in [0, 0.05) is 50.8 Å². The lowest BCUT2D eigenvalue weighted by molar-refractivity contribution is -0.142. The summed E-state index contributed by atoms with van der Waals surface area (Å²) >= 11 is 0. The molecule has 3 rings (SSSR count). The van der Waals surface area contributed by atoms with E-state index in [2.05, 4.69) is 34.8 Å². The molecule has 55 heavy (non-hydrogen) atoms. The number of fused-ring (bicyclic) bond motifs is 1. The second-order valence-corrected chi connectivity index (χ2v) is 15.1. The molecule has 1 aliphatic heterocycles. The Morgan fingerprint density at radius 2 is 1.73 bits per heavy atom. The Labute approximate surface area is 328 Å². The molecule has 2 heterocycles. The van der Waals surface area contributed by atoms with Gasteiger partial charge in [0.2, 0.25) is 17.7 Å². The molecule has 1 aliphatic rings. The monoisotopic (exact) mass is 768 g/mol. The van der Waals surface area contributed by atoms with Gasteiger partial charge in [-0.25, -0.2) is 4.39 Å². The molecule has 5 N–H and O–H groups in total.